The van der Waals surface area contributed by atoms with Crippen LogP contribution in [0.1, 0.15) is 16.7 Å². The number of nitrogens with zero attached hydrogens (tertiary/aromatic N) is 4. The standard InChI is InChI=1S/C35H27BN4O2S/c36-30-21-32-33(25-39(34(32)37-23-30)43(41,42)31-19-11-4-12-20-31)26-22-38-40(24-26)35(27-13-5-1-6-14-27,28-15-7-2-8-16-28)29-17-9-3-10-18-29/h1-25H,36H2. The summed E-state index contributed by atoms with van der Waals surface area (Å²) < 4.78 is 30.9. The predicted molar refractivity (Wildman–Crippen MR) is 173 cm³/mol. The average molecular weight is 579 g/mol. The van der Waals surface area contributed by atoms with Crippen LogP contribution in [0.25, 0.3) is 22.2 Å². The van der Waals surface area contributed by atoms with Crippen molar-refractivity contribution in [1.29, 1.82) is 0 Å². The van der Waals surface area contributed by atoms with E-state index in [0.29, 0.717) is 5.65 Å². The fraction of sp³-hybridized carbons (Fsp3) is 0.0286. The first-order chi connectivity index (χ1) is 21.0. The van der Waals surface area contributed by atoms with Crippen LogP contribution in [0.5, 0.6) is 0 Å². The van der Waals surface area contributed by atoms with Crippen LogP contribution >= 0.6 is 0 Å². The molecule has 0 aliphatic rings. The van der Waals surface area contributed by atoms with Gasteiger partial charge >= 0.3 is 0 Å². The van der Waals surface area contributed by atoms with Gasteiger partial charge in [-0.2, -0.15) is 5.10 Å². The van der Waals surface area contributed by atoms with Crippen LogP contribution in [0.15, 0.2) is 157 Å². The van der Waals surface area contributed by atoms with Gasteiger partial charge in [-0.25, -0.2) is 17.4 Å². The van der Waals surface area contributed by atoms with Crippen LogP contribution in [-0.4, -0.2) is 35.0 Å². The minimum atomic E-state index is -3.89. The van der Waals surface area contributed by atoms with E-state index < -0.39 is 15.6 Å². The molecule has 0 aliphatic carbocycles. The summed E-state index contributed by atoms with van der Waals surface area (Å²) in [4.78, 5) is 4.78. The molecular weight excluding hydrogens is 551 g/mol. The number of benzene rings is 4. The first-order valence-corrected chi connectivity index (χ1v) is 15.4. The summed E-state index contributed by atoms with van der Waals surface area (Å²) in [6.45, 7) is 0. The largest absolute Gasteiger partial charge is 0.269 e. The molecule has 0 spiro atoms. The van der Waals surface area contributed by atoms with Gasteiger partial charge in [-0.15, -0.1) is 0 Å². The normalized spacial score (nSPS) is 12.0. The van der Waals surface area contributed by atoms with Gasteiger partial charge in [-0.05, 0) is 28.8 Å². The molecule has 4 aromatic carbocycles. The number of pyridine rings is 1. The highest BCUT2D eigenvalue weighted by Crippen LogP contribution is 2.41. The number of aromatic nitrogens is 4. The summed E-state index contributed by atoms with van der Waals surface area (Å²) in [6.07, 6.45) is 7.16. The summed E-state index contributed by atoms with van der Waals surface area (Å²) in [5, 5.41) is 5.73. The van der Waals surface area contributed by atoms with Gasteiger partial charge in [-0.3, -0.25) is 4.68 Å². The van der Waals surface area contributed by atoms with Crippen molar-refractivity contribution < 1.29 is 8.42 Å². The highest BCUT2D eigenvalue weighted by molar-refractivity contribution is 7.90. The molecular formula is C35H27BN4O2S. The Morgan fingerprint density at radius 2 is 1.16 bits per heavy atom. The molecule has 43 heavy (non-hydrogen) atoms. The lowest BCUT2D eigenvalue weighted by Crippen LogP contribution is -2.38. The predicted octanol–water partition coefficient (Wildman–Crippen LogP) is 5.24. The molecule has 0 fully saturated rings. The Bertz CT molecular complexity index is 2050. The quantitative estimate of drug-likeness (QED) is 0.192. The maximum absolute atomic E-state index is 13.8. The lowest BCUT2D eigenvalue weighted by molar-refractivity contribution is 0.460. The van der Waals surface area contributed by atoms with E-state index in [1.807, 2.05) is 79.4 Å². The third-order valence-electron chi connectivity index (χ3n) is 7.86. The monoisotopic (exact) mass is 578 g/mol. The molecule has 0 atom stereocenters. The maximum Gasteiger partial charge on any atom is 0.269 e. The minimum Gasteiger partial charge on any atom is -0.252 e. The summed E-state index contributed by atoms with van der Waals surface area (Å²) in [6, 6.07) is 41.4. The van der Waals surface area contributed by atoms with Gasteiger partial charge in [0.05, 0.1) is 11.1 Å². The first kappa shape index (κ1) is 26.7. The first-order valence-electron chi connectivity index (χ1n) is 14.0. The second kappa shape index (κ2) is 10.6. The molecule has 8 heteroatoms. The molecule has 6 nitrogen and oxygen atoms in total. The molecule has 0 radical (unpaired) electrons. The molecule has 208 valence electrons. The number of hydrogen-bond acceptors (Lipinski definition) is 4. The van der Waals surface area contributed by atoms with Crippen molar-refractivity contribution in [3.05, 3.63) is 169 Å². The Morgan fingerprint density at radius 3 is 1.70 bits per heavy atom. The van der Waals surface area contributed by atoms with E-state index in [4.69, 9.17) is 5.10 Å². The number of fused-ring (bicyclic) bond motifs is 1. The lowest BCUT2D eigenvalue weighted by Gasteiger charge is -2.36. The van der Waals surface area contributed by atoms with Crippen LogP contribution in [-0.2, 0) is 15.6 Å². The third kappa shape index (κ3) is 4.38. The van der Waals surface area contributed by atoms with E-state index in [1.165, 1.54) is 3.97 Å². The maximum atomic E-state index is 13.8. The second-order valence-corrected chi connectivity index (χ2v) is 12.3. The molecule has 0 saturated carbocycles. The van der Waals surface area contributed by atoms with E-state index in [-0.39, 0.29) is 4.90 Å². The van der Waals surface area contributed by atoms with Crippen LogP contribution in [0.4, 0.5) is 0 Å². The SMILES string of the molecule is Bc1cnc2c(c1)c(-c1cnn(C(c3ccccc3)(c3ccccc3)c3ccccc3)c1)cn2S(=O)(=O)c1ccccc1. The Kier molecular flexibility index (Phi) is 6.56. The Hall–Kier alpha value is -5.21. The van der Waals surface area contributed by atoms with Crippen molar-refractivity contribution in [2.24, 2.45) is 0 Å². The third-order valence-corrected chi connectivity index (χ3v) is 9.52. The minimum absolute atomic E-state index is 0.202. The van der Waals surface area contributed by atoms with E-state index in [0.717, 1.165) is 38.7 Å². The van der Waals surface area contributed by atoms with Crippen molar-refractivity contribution in [1.82, 2.24) is 18.7 Å². The van der Waals surface area contributed by atoms with E-state index in [2.05, 4.69) is 41.4 Å². The topological polar surface area (TPSA) is 69.8 Å². The summed E-state index contributed by atoms with van der Waals surface area (Å²) in [5.74, 6) is 0. The molecule has 7 aromatic rings. The zero-order chi connectivity index (χ0) is 29.4. The lowest BCUT2D eigenvalue weighted by atomic mass is 9.77. The molecule has 7 rings (SSSR count). The number of hydrogen-bond donors (Lipinski definition) is 0. The van der Waals surface area contributed by atoms with Gasteiger partial charge in [0.25, 0.3) is 10.0 Å². The number of rotatable bonds is 7. The van der Waals surface area contributed by atoms with Crippen molar-refractivity contribution in [3.63, 3.8) is 0 Å². The van der Waals surface area contributed by atoms with Gasteiger partial charge < -0.3 is 0 Å². The highest BCUT2D eigenvalue weighted by atomic mass is 32.2. The van der Waals surface area contributed by atoms with Gasteiger partial charge in [-0.1, -0.05) is 121 Å². The summed E-state index contributed by atoms with van der Waals surface area (Å²) >= 11 is 0. The second-order valence-electron chi connectivity index (χ2n) is 10.5. The molecule has 0 N–H and O–H groups in total. The Morgan fingerprint density at radius 1 is 0.651 bits per heavy atom. The van der Waals surface area contributed by atoms with E-state index in [1.54, 1.807) is 48.9 Å². The molecule has 0 unspecified atom stereocenters. The fourth-order valence-electron chi connectivity index (χ4n) is 5.88. The molecule has 0 amide bonds. The van der Waals surface area contributed by atoms with Crippen molar-refractivity contribution in [2.45, 2.75) is 10.4 Å². The molecule has 0 aliphatic heterocycles. The van der Waals surface area contributed by atoms with Gasteiger partial charge in [0, 0.05) is 35.1 Å². The smallest absolute Gasteiger partial charge is 0.252 e. The fourth-order valence-corrected chi connectivity index (χ4v) is 7.23. The van der Waals surface area contributed by atoms with Gasteiger partial charge in [0.15, 0.2) is 5.65 Å². The Balaban J connectivity index is 1.49. The average Bonchev–Trinajstić information content (AvgIpc) is 3.69. The summed E-state index contributed by atoms with van der Waals surface area (Å²) in [7, 11) is -1.94. The zero-order valence-electron chi connectivity index (χ0n) is 23.4. The molecule has 0 bridgehead atoms. The molecule has 3 heterocycles. The van der Waals surface area contributed by atoms with Crippen LogP contribution in [0, 0.1) is 0 Å². The van der Waals surface area contributed by atoms with E-state index >= 15 is 0 Å². The van der Waals surface area contributed by atoms with Gasteiger partial charge in [0.1, 0.15) is 13.4 Å². The Labute approximate surface area is 251 Å². The molecule has 0 saturated heterocycles. The van der Waals surface area contributed by atoms with Crippen molar-refractivity contribution in [3.8, 4) is 11.1 Å². The molecule has 3 aromatic heterocycles. The van der Waals surface area contributed by atoms with Crippen LogP contribution < -0.4 is 5.46 Å². The zero-order valence-corrected chi connectivity index (χ0v) is 24.3. The van der Waals surface area contributed by atoms with Crippen molar-refractivity contribution >= 4 is 34.4 Å². The van der Waals surface area contributed by atoms with Crippen LogP contribution in [0.3, 0.4) is 0 Å². The van der Waals surface area contributed by atoms with Crippen molar-refractivity contribution in [2.75, 3.05) is 0 Å². The summed E-state index contributed by atoms with van der Waals surface area (Å²) in [5.41, 5.74) is 5.19. The van der Waals surface area contributed by atoms with E-state index in [9.17, 15) is 8.42 Å². The van der Waals surface area contributed by atoms with Crippen LogP contribution in [0.2, 0.25) is 0 Å². The van der Waals surface area contributed by atoms with Gasteiger partial charge in [0.2, 0.25) is 0 Å². The highest BCUT2D eigenvalue weighted by Gasteiger charge is 2.39.